The van der Waals surface area contributed by atoms with Crippen molar-refractivity contribution < 1.29 is 0 Å². The van der Waals surface area contributed by atoms with E-state index in [0.717, 1.165) is 11.5 Å². The Morgan fingerprint density at radius 2 is 2.13 bits per heavy atom. The van der Waals surface area contributed by atoms with Gasteiger partial charge >= 0.3 is 0 Å². The maximum Gasteiger partial charge on any atom is 0.126 e. The van der Waals surface area contributed by atoms with Gasteiger partial charge in [0.25, 0.3) is 0 Å². The van der Waals surface area contributed by atoms with Crippen LogP contribution in [0.4, 0.5) is 5.82 Å². The van der Waals surface area contributed by atoms with Crippen LogP contribution in [0.5, 0.6) is 0 Å². The van der Waals surface area contributed by atoms with Crippen molar-refractivity contribution in [1.29, 1.82) is 0 Å². The molecule has 84 valence electrons. The summed E-state index contributed by atoms with van der Waals surface area (Å²) in [4.78, 5) is 4.43. The molecule has 0 aliphatic heterocycles. The van der Waals surface area contributed by atoms with E-state index in [0.29, 0.717) is 6.04 Å². The topological polar surface area (TPSA) is 24.9 Å². The molecular weight excluding hydrogens is 184 g/mol. The van der Waals surface area contributed by atoms with Gasteiger partial charge in [0.05, 0.1) is 0 Å². The third-order valence-electron chi connectivity index (χ3n) is 2.52. The molecular formula is C13H22N2. The lowest BCUT2D eigenvalue weighted by atomic mass is 10.1. The van der Waals surface area contributed by atoms with Crippen LogP contribution < -0.4 is 5.32 Å². The second-order valence-corrected chi connectivity index (χ2v) is 4.21. The molecule has 1 heterocycles. The molecule has 0 amide bonds. The van der Waals surface area contributed by atoms with E-state index in [1.54, 1.807) is 0 Å². The molecule has 1 unspecified atom stereocenters. The molecule has 0 spiro atoms. The Hall–Kier alpha value is -1.05. The van der Waals surface area contributed by atoms with Crippen molar-refractivity contribution in [3.05, 3.63) is 23.9 Å². The van der Waals surface area contributed by atoms with E-state index in [-0.39, 0.29) is 0 Å². The van der Waals surface area contributed by atoms with Gasteiger partial charge in [0, 0.05) is 11.7 Å². The van der Waals surface area contributed by atoms with Crippen LogP contribution in [0.15, 0.2) is 18.2 Å². The summed E-state index contributed by atoms with van der Waals surface area (Å²) in [5.41, 5.74) is 1.07. The number of nitrogens with zero attached hydrogens (tertiary/aromatic N) is 1. The van der Waals surface area contributed by atoms with Crippen molar-refractivity contribution >= 4 is 5.82 Å². The first-order valence-corrected chi connectivity index (χ1v) is 5.92. The minimum atomic E-state index is 0.519. The van der Waals surface area contributed by atoms with Crippen molar-refractivity contribution in [3.63, 3.8) is 0 Å². The number of nitrogens with one attached hydrogen (secondary N) is 1. The first-order chi connectivity index (χ1) is 7.22. The highest BCUT2D eigenvalue weighted by molar-refractivity contribution is 5.35. The quantitative estimate of drug-likeness (QED) is 0.717. The zero-order valence-electron chi connectivity index (χ0n) is 10.1. The summed E-state index contributed by atoms with van der Waals surface area (Å²) in [6.07, 6.45) is 5.14. The first kappa shape index (κ1) is 12.0. The van der Waals surface area contributed by atoms with Gasteiger partial charge in [-0.2, -0.15) is 0 Å². The lowest BCUT2D eigenvalue weighted by molar-refractivity contribution is 0.613. The average molecular weight is 206 g/mol. The summed E-state index contributed by atoms with van der Waals surface area (Å²) >= 11 is 0. The Balaban J connectivity index is 2.34. The number of aryl methyl sites for hydroxylation is 1. The van der Waals surface area contributed by atoms with Crippen LogP contribution >= 0.6 is 0 Å². The van der Waals surface area contributed by atoms with Crippen molar-refractivity contribution in [2.45, 2.75) is 52.5 Å². The number of unbranched alkanes of at least 4 members (excludes halogenated alkanes) is 2. The maximum absolute atomic E-state index is 4.43. The van der Waals surface area contributed by atoms with Gasteiger partial charge in [-0.25, -0.2) is 4.98 Å². The van der Waals surface area contributed by atoms with Gasteiger partial charge in [0.15, 0.2) is 0 Å². The van der Waals surface area contributed by atoms with Crippen molar-refractivity contribution in [2.24, 2.45) is 0 Å². The molecule has 0 fully saturated rings. The van der Waals surface area contributed by atoms with Crippen LogP contribution in [0, 0.1) is 6.92 Å². The van der Waals surface area contributed by atoms with E-state index < -0.39 is 0 Å². The highest BCUT2D eigenvalue weighted by Crippen LogP contribution is 2.10. The highest BCUT2D eigenvalue weighted by atomic mass is 15.0. The molecule has 0 aliphatic carbocycles. The standard InChI is InChI=1S/C13H22N2/c1-4-5-6-8-11(2)14-13-10-7-9-12(3)15-13/h7,9-11H,4-6,8H2,1-3H3,(H,14,15). The summed E-state index contributed by atoms with van der Waals surface area (Å²) in [7, 11) is 0. The number of hydrogen-bond donors (Lipinski definition) is 1. The monoisotopic (exact) mass is 206 g/mol. The summed E-state index contributed by atoms with van der Waals surface area (Å²) in [5, 5.41) is 3.43. The molecule has 1 rings (SSSR count). The SMILES string of the molecule is CCCCCC(C)Nc1cccc(C)n1. The fourth-order valence-corrected chi connectivity index (χ4v) is 1.65. The molecule has 0 aliphatic rings. The smallest absolute Gasteiger partial charge is 0.126 e. The fourth-order valence-electron chi connectivity index (χ4n) is 1.65. The van der Waals surface area contributed by atoms with Crippen molar-refractivity contribution in [1.82, 2.24) is 4.98 Å². The Labute approximate surface area is 93.1 Å². The Kier molecular flexibility index (Phi) is 5.16. The predicted molar refractivity (Wildman–Crippen MR) is 66.2 cm³/mol. The van der Waals surface area contributed by atoms with E-state index in [4.69, 9.17) is 0 Å². The van der Waals surface area contributed by atoms with E-state index in [2.05, 4.69) is 24.1 Å². The number of anilines is 1. The van der Waals surface area contributed by atoms with Gasteiger partial charge in [-0.1, -0.05) is 32.3 Å². The van der Waals surface area contributed by atoms with Crippen LogP contribution in [0.2, 0.25) is 0 Å². The van der Waals surface area contributed by atoms with Gasteiger partial charge in [-0.15, -0.1) is 0 Å². The number of aromatic nitrogens is 1. The Bertz CT molecular complexity index is 284. The molecule has 0 saturated carbocycles. The molecule has 15 heavy (non-hydrogen) atoms. The Morgan fingerprint density at radius 1 is 1.33 bits per heavy atom. The van der Waals surface area contributed by atoms with E-state index in [1.165, 1.54) is 25.7 Å². The van der Waals surface area contributed by atoms with Crippen LogP contribution in [0.25, 0.3) is 0 Å². The third kappa shape index (κ3) is 4.82. The maximum atomic E-state index is 4.43. The largest absolute Gasteiger partial charge is 0.368 e. The second-order valence-electron chi connectivity index (χ2n) is 4.21. The highest BCUT2D eigenvalue weighted by Gasteiger charge is 2.02. The summed E-state index contributed by atoms with van der Waals surface area (Å²) in [6, 6.07) is 6.62. The molecule has 1 N–H and O–H groups in total. The van der Waals surface area contributed by atoms with Crippen LogP contribution in [0.1, 0.15) is 45.2 Å². The minimum Gasteiger partial charge on any atom is -0.368 e. The van der Waals surface area contributed by atoms with Gasteiger partial charge < -0.3 is 5.32 Å². The number of hydrogen-bond acceptors (Lipinski definition) is 2. The molecule has 2 heteroatoms. The molecule has 0 aromatic carbocycles. The zero-order valence-corrected chi connectivity index (χ0v) is 10.1. The fraction of sp³-hybridized carbons (Fsp3) is 0.615. The first-order valence-electron chi connectivity index (χ1n) is 5.92. The second kappa shape index (κ2) is 6.44. The van der Waals surface area contributed by atoms with Gasteiger partial charge in [-0.3, -0.25) is 0 Å². The van der Waals surface area contributed by atoms with Crippen molar-refractivity contribution in [3.8, 4) is 0 Å². The summed E-state index contributed by atoms with van der Waals surface area (Å²) in [5.74, 6) is 0.999. The zero-order chi connectivity index (χ0) is 11.1. The number of rotatable bonds is 6. The van der Waals surface area contributed by atoms with Gasteiger partial charge in [0.2, 0.25) is 0 Å². The molecule has 0 radical (unpaired) electrons. The lowest BCUT2D eigenvalue weighted by Gasteiger charge is -2.14. The third-order valence-corrected chi connectivity index (χ3v) is 2.52. The molecule has 0 saturated heterocycles. The molecule has 2 nitrogen and oxygen atoms in total. The van der Waals surface area contributed by atoms with Gasteiger partial charge in [-0.05, 0) is 32.4 Å². The molecule has 1 aromatic rings. The van der Waals surface area contributed by atoms with Crippen molar-refractivity contribution in [2.75, 3.05) is 5.32 Å². The van der Waals surface area contributed by atoms with E-state index in [9.17, 15) is 0 Å². The molecule has 1 atom stereocenters. The van der Waals surface area contributed by atoms with Crippen LogP contribution in [0.3, 0.4) is 0 Å². The van der Waals surface area contributed by atoms with Gasteiger partial charge in [0.1, 0.15) is 5.82 Å². The minimum absolute atomic E-state index is 0.519. The van der Waals surface area contributed by atoms with E-state index >= 15 is 0 Å². The lowest BCUT2D eigenvalue weighted by Crippen LogP contribution is -2.15. The van der Waals surface area contributed by atoms with E-state index in [1.807, 2.05) is 25.1 Å². The normalized spacial score (nSPS) is 12.5. The summed E-state index contributed by atoms with van der Waals surface area (Å²) < 4.78 is 0. The predicted octanol–water partition coefficient (Wildman–Crippen LogP) is 3.77. The number of pyridine rings is 1. The van der Waals surface area contributed by atoms with Crippen LogP contribution in [-0.4, -0.2) is 11.0 Å². The molecule has 0 bridgehead atoms. The van der Waals surface area contributed by atoms with Crippen LogP contribution in [-0.2, 0) is 0 Å². The average Bonchev–Trinajstić information content (AvgIpc) is 2.18. The Morgan fingerprint density at radius 3 is 2.80 bits per heavy atom. The molecule has 1 aromatic heterocycles. The summed E-state index contributed by atoms with van der Waals surface area (Å²) in [6.45, 7) is 6.48.